The van der Waals surface area contributed by atoms with E-state index in [0.29, 0.717) is 23.9 Å². The fraction of sp³-hybridized carbons (Fsp3) is 0.261. The van der Waals surface area contributed by atoms with Crippen molar-refractivity contribution in [3.8, 4) is 5.75 Å². The summed E-state index contributed by atoms with van der Waals surface area (Å²) in [7, 11) is 0. The minimum absolute atomic E-state index is 0.157. The second kappa shape index (κ2) is 8.53. The average Bonchev–Trinajstić information content (AvgIpc) is 2.94. The molecule has 0 saturated heterocycles. The number of carbonyl (C=O) groups is 1. The summed E-state index contributed by atoms with van der Waals surface area (Å²) in [4.78, 5) is 12.4. The van der Waals surface area contributed by atoms with Gasteiger partial charge in [-0.1, -0.05) is 23.7 Å². The summed E-state index contributed by atoms with van der Waals surface area (Å²) in [5.74, 6) is 1.44. The fourth-order valence-corrected chi connectivity index (χ4v) is 3.20. The molecule has 28 heavy (non-hydrogen) atoms. The van der Waals surface area contributed by atoms with Gasteiger partial charge in [0.05, 0.1) is 6.61 Å². The summed E-state index contributed by atoms with van der Waals surface area (Å²) in [6, 6.07) is 11.3. The number of carbonyl (C=O) groups excluding carboxylic acids is 1. The highest BCUT2D eigenvalue weighted by Gasteiger charge is 2.14. The van der Waals surface area contributed by atoms with E-state index in [4.69, 9.17) is 20.8 Å². The van der Waals surface area contributed by atoms with E-state index in [1.807, 2.05) is 64.1 Å². The summed E-state index contributed by atoms with van der Waals surface area (Å²) in [6.07, 6.45) is 1.60. The van der Waals surface area contributed by atoms with Crippen molar-refractivity contribution in [2.24, 2.45) is 0 Å². The quantitative estimate of drug-likeness (QED) is 0.533. The zero-order valence-corrected chi connectivity index (χ0v) is 17.3. The molecule has 1 aromatic heterocycles. The van der Waals surface area contributed by atoms with Crippen molar-refractivity contribution in [3.63, 3.8) is 0 Å². The molecule has 0 atom stereocenters. The Labute approximate surface area is 170 Å². The molecule has 4 nitrogen and oxygen atoms in total. The molecule has 1 N–H and O–H groups in total. The van der Waals surface area contributed by atoms with Gasteiger partial charge in [0.2, 0.25) is 5.91 Å². The van der Waals surface area contributed by atoms with Crippen molar-refractivity contribution >= 4 is 34.1 Å². The molecule has 0 spiro atoms. The Balaban J connectivity index is 1.84. The SMILES string of the molecule is CCOc1cc2oc(C)c(C)c2cc1/C(C)=C/C(=O)NCc1ccc(Cl)cc1. The highest BCUT2D eigenvalue weighted by molar-refractivity contribution is 6.30. The van der Waals surface area contributed by atoms with Crippen LogP contribution in [0.4, 0.5) is 0 Å². The van der Waals surface area contributed by atoms with E-state index < -0.39 is 0 Å². The highest BCUT2D eigenvalue weighted by Crippen LogP contribution is 2.35. The van der Waals surface area contributed by atoms with E-state index in [0.717, 1.165) is 39.0 Å². The number of fused-ring (bicyclic) bond motifs is 1. The van der Waals surface area contributed by atoms with Crippen LogP contribution in [-0.2, 0) is 11.3 Å². The van der Waals surface area contributed by atoms with Crippen LogP contribution in [0.1, 0.15) is 36.3 Å². The molecule has 146 valence electrons. The maximum absolute atomic E-state index is 12.4. The third kappa shape index (κ3) is 4.39. The van der Waals surface area contributed by atoms with Crippen LogP contribution in [-0.4, -0.2) is 12.5 Å². The Morgan fingerprint density at radius 1 is 1.21 bits per heavy atom. The van der Waals surface area contributed by atoms with E-state index in [9.17, 15) is 4.79 Å². The predicted molar refractivity (Wildman–Crippen MR) is 114 cm³/mol. The van der Waals surface area contributed by atoms with Crippen molar-refractivity contribution < 1.29 is 13.9 Å². The van der Waals surface area contributed by atoms with Crippen LogP contribution >= 0.6 is 11.6 Å². The number of amides is 1. The minimum Gasteiger partial charge on any atom is -0.493 e. The first-order valence-corrected chi connectivity index (χ1v) is 9.64. The number of benzene rings is 2. The van der Waals surface area contributed by atoms with Crippen molar-refractivity contribution in [1.82, 2.24) is 5.32 Å². The highest BCUT2D eigenvalue weighted by atomic mass is 35.5. The number of hydrogen-bond acceptors (Lipinski definition) is 3. The van der Waals surface area contributed by atoms with Crippen LogP contribution in [0.25, 0.3) is 16.5 Å². The molecule has 2 aromatic carbocycles. The smallest absolute Gasteiger partial charge is 0.244 e. The van der Waals surface area contributed by atoms with Gasteiger partial charge in [-0.15, -0.1) is 0 Å². The topological polar surface area (TPSA) is 51.5 Å². The number of nitrogens with one attached hydrogen (secondary N) is 1. The first kappa shape index (κ1) is 20.0. The summed E-state index contributed by atoms with van der Waals surface area (Å²) < 4.78 is 11.6. The van der Waals surface area contributed by atoms with Gasteiger partial charge < -0.3 is 14.5 Å². The van der Waals surface area contributed by atoms with Crippen molar-refractivity contribution in [1.29, 1.82) is 0 Å². The van der Waals surface area contributed by atoms with Crippen LogP contribution in [0.15, 0.2) is 46.9 Å². The predicted octanol–water partition coefficient (Wildman–Crippen LogP) is 5.82. The number of allylic oxidation sites excluding steroid dienone is 1. The Hall–Kier alpha value is -2.72. The van der Waals surface area contributed by atoms with Gasteiger partial charge in [-0.05, 0) is 62.6 Å². The molecule has 0 aliphatic carbocycles. The van der Waals surface area contributed by atoms with Gasteiger partial charge in [0, 0.05) is 34.7 Å². The summed E-state index contributed by atoms with van der Waals surface area (Å²) >= 11 is 5.89. The van der Waals surface area contributed by atoms with Gasteiger partial charge in [0.25, 0.3) is 0 Å². The number of rotatable bonds is 6. The Morgan fingerprint density at radius 3 is 2.61 bits per heavy atom. The zero-order valence-electron chi connectivity index (χ0n) is 16.6. The van der Waals surface area contributed by atoms with Gasteiger partial charge in [-0.25, -0.2) is 0 Å². The van der Waals surface area contributed by atoms with Crippen molar-refractivity contribution in [2.45, 2.75) is 34.2 Å². The molecule has 0 radical (unpaired) electrons. The minimum atomic E-state index is -0.157. The lowest BCUT2D eigenvalue weighted by Crippen LogP contribution is -2.20. The lowest BCUT2D eigenvalue weighted by molar-refractivity contribution is -0.116. The third-order valence-electron chi connectivity index (χ3n) is 4.73. The van der Waals surface area contributed by atoms with E-state index in [1.54, 1.807) is 6.08 Å². The van der Waals surface area contributed by atoms with E-state index in [-0.39, 0.29) is 5.91 Å². The van der Waals surface area contributed by atoms with Gasteiger partial charge in [0.1, 0.15) is 17.1 Å². The van der Waals surface area contributed by atoms with Crippen LogP contribution in [0, 0.1) is 13.8 Å². The van der Waals surface area contributed by atoms with Crippen molar-refractivity contribution in [2.75, 3.05) is 6.61 Å². The number of ether oxygens (including phenoxy) is 1. The first-order valence-electron chi connectivity index (χ1n) is 9.26. The van der Waals surface area contributed by atoms with Crippen LogP contribution in [0.5, 0.6) is 5.75 Å². The largest absolute Gasteiger partial charge is 0.493 e. The Bertz CT molecular complexity index is 1030. The standard InChI is InChI=1S/C23H24ClNO3/c1-5-27-21-12-22-20(15(3)16(4)28-22)11-19(21)14(2)10-23(26)25-13-17-6-8-18(24)9-7-17/h6-12H,5,13H2,1-4H3,(H,25,26)/b14-10+. The molecule has 3 aromatic rings. The second-order valence-electron chi connectivity index (χ2n) is 6.73. The molecular weight excluding hydrogens is 374 g/mol. The van der Waals surface area contributed by atoms with Gasteiger partial charge in [0.15, 0.2) is 0 Å². The summed E-state index contributed by atoms with van der Waals surface area (Å²) in [5, 5.41) is 4.61. The van der Waals surface area contributed by atoms with Crippen LogP contribution < -0.4 is 10.1 Å². The summed E-state index contributed by atoms with van der Waals surface area (Å²) in [5.41, 5.74) is 4.60. The molecule has 0 unspecified atom stereocenters. The maximum Gasteiger partial charge on any atom is 0.244 e. The van der Waals surface area contributed by atoms with Crippen LogP contribution in [0.3, 0.4) is 0 Å². The van der Waals surface area contributed by atoms with Gasteiger partial charge in [-0.3, -0.25) is 4.79 Å². The molecule has 0 aliphatic rings. The molecule has 5 heteroatoms. The Kier molecular flexibility index (Phi) is 6.10. The third-order valence-corrected chi connectivity index (χ3v) is 4.98. The number of halogens is 1. The lowest BCUT2D eigenvalue weighted by atomic mass is 10.0. The molecule has 1 amide bonds. The first-order chi connectivity index (χ1) is 13.4. The molecule has 0 bridgehead atoms. The fourth-order valence-electron chi connectivity index (χ4n) is 3.07. The van der Waals surface area contributed by atoms with Crippen LogP contribution in [0.2, 0.25) is 5.02 Å². The van der Waals surface area contributed by atoms with Crippen molar-refractivity contribution in [3.05, 3.63) is 69.9 Å². The van der Waals surface area contributed by atoms with E-state index >= 15 is 0 Å². The van der Waals surface area contributed by atoms with E-state index in [1.165, 1.54) is 0 Å². The molecule has 0 aliphatic heterocycles. The normalized spacial score (nSPS) is 11.7. The molecular formula is C23H24ClNO3. The number of aryl methyl sites for hydroxylation is 2. The Morgan fingerprint density at radius 2 is 1.93 bits per heavy atom. The van der Waals surface area contributed by atoms with E-state index in [2.05, 4.69) is 5.32 Å². The van der Waals surface area contributed by atoms with Gasteiger partial charge in [-0.2, -0.15) is 0 Å². The molecule has 0 saturated carbocycles. The maximum atomic E-state index is 12.4. The average molecular weight is 398 g/mol. The lowest BCUT2D eigenvalue weighted by Gasteiger charge is -2.11. The monoisotopic (exact) mass is 397 g/mol. The molecule has 0 fully saturated rings. The number of hydrogen-bond donors (Lipinski definition) is 1. The molecule has 3 rings (SSSR count). The van der Waals surface area contributed by atoms with Gasteiger partial charge >= 0.3 is 0 Å². The number of furan rings is 1. The zero-order chi connectivity index (χ0) is 20.3. The molecule has 1 heterocycles. The second-order valence-corrected chi connectivity index (χ2v) is 7.17. The summed E-state index contributed by atoms with van der Waals surface area (Å²) in [6.45, 7) is 8.80.